The molecule has 5 heteroatoms. The molecule has 0 atom stereocenters. The van der Waals surface area contributed by atoms with Gasteiger partial charge < -0.3 is 9.13 Å². The maximum atomic E-state index is 5.26. The van der Waals surface area contributed by atoms with E-state index in [1.54, 1.807) is 0 Å². The second-order valence-corrected chi connectivity index (χ2v) is 13.4. The van der Waals surface area contributed by atoms with Gasteiger partial charge in [0.05, 0.1) is 44.0 Å². The summed E-state index contributed by atoms with van der Waals surface area (Å²) in [5.74, 6) is 0. The highest BCUT2D eigenvalue weighted by Gasteiger charge is 2.23. The lowest BCUT2D eigenvalue weighted by molar-refractivity contribution is 1.09. The molecule has 0 N–H and O–H groups in total. The second-order valence-electron chi connectivity index (χ2n) is 13.4. The molecule has 0 fully saturated rings. The summed E-state index contributed by atoms with van der Waals surface area (Å²) in [5, 5.41) is 8.22. The molecule has 254 valence electrons. The number of hydrogen-bond donors (Lipinski definition) is 0. The van der Waals surface area contributed by atoms with Crippen molar-refractivity contribution in [2.24, 2.45) is 0 Å². The monoisotopic (exact) mass is 683 g/mol. The molecule has 0 aliphatic rings. The third-order valence-corrected chi connectivity index (χ3v) is 10.7. The normalized spacial score (nSPS) is 12.1. The van der Waals surface area contributed by atoms with Gasteiger partial charge in [-0.3, -0.25) is 9.38 Å². The molecule has 0 amide bonds. The van der Waals surface area contributed by atoms with Gasteiger partial charge in [0.2, 0.25) is 0 Å². The Morgan fingerprint density at radius 1 is 0.566 bits per heavy atom. The smallest absolute Gasteiger partial charge is 0.148 e. The Kier molecular flexibility index (Phi) is 6.99. The van der Waals surface area contributed by atoms with Crippen LogP contribution in [-0.2, 0) is 0 Å². The first kappa shape index (κ1) is 31.1. The van der Waals surface area contributed by atoms with Gasteiger partial charge in [0.1, 0.15) is 5.65 Å². The summed E-state index contributed by atoms with van der Waals surface area (Å²) in [6.45, 7) is 8.34. The van der Waals surface area contributed by atoms with Crippen molar-refractivity contribution in [3.63, 3.8) is 0 Å². The van der Waals surface area contributed by atoms with Crippen molar-refractivity contribution in [1.82, 2.24) is 23.5 Å². The van der Waals surface area contributed by atoms with Crippen LogP contribution < -0.4 is 0 Å². The third kappa shape index (κ3) is 4.31. The molecule has 0 radical (unpaired) electrons. The van der Waals surface area contributed by atoms with Gasteiger partial charge in [-0.25, -0.2) is 4.98 Å². The molecule has 6 aromatic carbocycles. The summed E-state index contributed by atoms with van der Waals surface area (Å²) in [7, 11) is 0. The summed E-state index contributed by atoms with van der Waals surface area (Å²) in [4.78, 5) is 10.1. The number of para-hydroxylation sites is 4. The molecular weight excluding hydrogens is 647 g/mol. The first-order valence-electron chi connectivity index (χ1n) is 18.5. The van der Waals surface area contributed by atoms with Crippen LogP contribution in [0.3, 0.4) is 0 Å². The maximum Gasteiger partial charge on any atom is 0.148 e. The first-order chi connectivity index (χ1) is 26.2. The number of allylic oxidation sites excluding steroid dienone is 1. The summed E-state index contributed by atoms with van der Waals surface area (Å²) in [6, 6.07) is 48.1. The highest BCUT2D eigenvalue weighted by atomic mass is 15.1. The first-order valence-corrected chi connectivity index (χ1v) is 18.5. The van der Waals surface area contributed by atoms with Crippen LogP contribution in [0.4, 0.5) is 0 Å². The fourth-order valence-electron chi connectivity index (χ4n) is 8.57. The van der Waals surface area contributed by atoms with Crippen LogP contribution in [0.1, 0.15) is 32.0 Å². The van der Waals surface area contributed by atoms with Crippen molar-refractivity contribution in [1.29, 1.82) is 0 Å². The quantitative estimate of drug-likeness (QED) is 0.174. The van der Waals surface area contributed by atoms with E-state index in [0.29, 0.717) is 0 Å². The van der Waals surface area contributed by atoms with Crippen molar-refractivity contribution in [3.05, 3.63) is 157 Å². The number of nitrogens with zero attached hydrogens (tertiary/aromatic N) is 5. The zero-order valence-electron chi connectivity index (χ0n) is 30.2. The summed E-state index contributed by atoms with van der Waals surface area (Å²) >= 11 is 0. The Morgan fingerprint density at radius 2 is 1.26 bits per heavy atom. The second kappa shape index (κ2) is 11.9. The lowest BCUT2D eigenvalue weighted by atomic mass is 10.0. The van der Waals surface area contributed by atoms with E-state index in [-0.39, 0.29) is 0 Å². The molecule has 0 aliphatic heterocycles. The predicted molar refractivity (Wildman–Crippen MR) is 225 cm³/mol. The fourth-order valence-corrected chi connectivity index (χ4v) is 8.57. The molecule has 5 aromatic heterocycles. The highest BCUT2D eigenvalue weighted by Crippen LogP contribution is 2.42. The molecule has 0 saturated carbocycles. The summed E-state index contributed by atoms with van der Waals surface area (Å²) in [5.41, 5.74) is 13.3. The van der Waals surface area contributed by atoms with Gasteiger partial charge in [0.25, 0.3) is 0 Å². The van der Waals surface area contributed by atoms with E-state index >= 15 is 0 Å². The van der Waals surface area contributed by atoms with Crippen molar-refractivity contribution in [2.45, 2.75) is 27.7 Å². The Balaban J connectivity index is 0.00000172. The van der Waals surface area contributed by atoms with Gasteiger partial charge in [0.15, 0.2) is 0 Å². The molecule has 5 heterocycles. The average molecular weight is 684 g/mol. The van der Waals surface area contributed by atoms with Gasteiger partial charge >= 0.3 is 0 Å². The molecule has 0 aliphatic carbocycles. The summed E-state index contributed by atoms with van der Waals surface area (Å²) < 4.78 is 7.26. The number of fused-ring (bicyclic) bond motifs is 15. The molecule has 11 rings (SSSR count). The minimum Gasteiger partial charge on any atom is -0.308 e. The largest absolute Gasteiger partial charge is 0.308 e. The van der Waals surface area contributed by atoms with Crippen LogP contribution in [0, 0.1) is 6.92 Å². The Hall–Kier alpha value is -6.72. The maximum absolute atomic E-state index is 5.26. The number of aryl methyl sites for hydroxylation is 1. The molecule has 0 spiro atoms. The van der Waals surface area contributed by atoms with E-state index in [4.69, 9.17) is 9.97 Å². The van der Waals surface area contributed by atoms with E-state index in [2.05, 4.69) is 167 Å². The van der Waals surface area contributed by atoms with Crippen molar-refractivity contribution in [2.75, 3.05) is 0 Å². The zero-order chi connectivity index (χ0) is 35.8. The Bertz CT molecular complexity index is 3270. The van der Waals surface area contributed by atoms with Gasteiger partial charge in [-0.05, 0) is 79.4 Å². The van der Waals surface area contributed by atoms with Gasteiger partial charge in [-0.15, -0.1) is 0 Å². The average Bonchev–Trinajstić information content (AvgIpc) is 3.86. The van der Waals surface area contributed by atoms with E-state index in [9.17, 15) is 0 Å². The van der Waals surface area contributed by atoms with Crippen LogP contribution in [0.15, 0.2) is 146 Å². The molecule has 11 aromatic rings. The van der Waals surface area contributed by atoms with Gasteiger partial charge in [-0.1, -0.05) is 105 Å². The van der Waals surface area contributed by atoms with Crippen molar-refractivity contribution >= 4 is 88.0 Å². The van der Waals surface area contributed by atoms with E-state index in [1.165, 1.54) is 49.4 Å². The minimum absolute atomic E-state index is 0.925. The van der Waals surface area contributed by atoms with Crippen molar-refractivity contribution < 1.29 is 0 Å². The standard InChI is InChI=1S/C46H31N5.C2H6/c1-3-12-38-28(2)32-24-25-36-33-16-7-9-18-39(33)50(45(36)44(32)49(38)30-14-5-4-6-15-30)31-21-23-34-35-22-20-29-13-11-26-47-43(29)42(35)46-48-37-17-8-10-19-40(37)51(46)41(34)27-31;1-2/h3-27H,1-2H3;1-2H3/b12-3-;. The highest BCUT2D eigenvalue weighted by molar-refractivity contribution is 6.23. The minimum atomic E-state index is 0.925. The zero-order valence-corrected chi connectivity index (χ0v) is 30.2. The van der Waals surface area contributed by atoms with Crippen LogP contribution in [0.2, 0.25) is 0 Å². The molecule has 53 heavy (non-hydrogen) atoms. The van der Waals surface area contributed by atoms with E-state index in [0.717, 1.165) is 55.2 Å². The lowest BCUT2D eigenvalue weighted by Crippen LogP contribution is -2.01. The number of benzene rings is 6. The molecular formula is C48H37N5. The van der Waals surface area contributed by atoms with Crippen LogP contribution in [0.25, 0.3) is 99.4 Å². The molecule has 0 unspecified atom stereocenters. The van der Waals surface area contributed by atoms with E-state index in [1.807, 2.05) is 26.1 Å². The predicted octanol–water partition coefficient (Wildman–Crippen LogP) is 12.8. The van der Waals surface area contributed by atoms with Gasteiger partial charge in [0, 0.05) is 50.2 Å². The van der Waals surface area contributed by atoms with E-state index < -0.39 is 0 Å². The number of aromatic nitrogens is 5. The number of hydrogen-bond acceptors (Lipinski definition) is 2. The number of rotatable bonds is 3. The molecule has 0 saturated heterocycles. The van der Waals surface area contributed by atoms with Crippen molar-refractivity contribution in [3.8, 4) is 11.4 Å². The topological polar surface area (TPSA) is 40.1 Å². The number of imidazole rings is 1. The summed E-state index contributed by atoms with van der Waals surface area (Å²) in [6.07, 6.45) is 6.26. The Morgan fingerprint density at radius 3 is 2.11 bits per heavy atom. The molecule has 0 bridgehead atoms. The van der Waals surface area contributed by atoms with Gasteiger partial charge in [-0.2, -0.15) is 0 Å². The van der Waals surface area contributed by atoms with Crippen LogP contribution >= 0.6 is 0 Å². The van der Waals surface area contributed by atoms with Crippen LogP contribution in [-0.4, -0.2) is 23.5 Å². The Labute approximate surface area is 306 Å². The van der Waals surface area contributed by atoms with Crippen LogP contribution in [0.5, 0.6) is 0 Å². The third-order valence-electron chi connectivity index (χ3n) is 10.7. The lowest BCUT2D eigenvalue weighted by Gasteiger charge is -2.15. The molecule has 5 nitrogen and oxygen atoms in total. The number of pyridine rings is 2. The fraction of sp³-hybridized carbons (Fsp3) is 0.0833. The SMILES string of the molecule is C/C=C\c1c(C)c2ccc3c4ccccc4n(-c4ccc5c6ccc7cccnc7c6c6nc7ccccc7n6c5c4)c3c2n1-c1ccccc1.CC.